The van der Waals surface area contributed by atoms with Crippen molar-refractivity contribution in [2.24, 2.45) is 0 Å². The van der Waals surface area contributed by atoms with Crippen molar-refractivity contribution in [1.82, 2.24) is 9.55 Å². The van der Waals surface area contributed by atoms with Gasteiger partial charge in [0.05, 0.1) is 6.33 Å². The molecule has 0 radical (unpaired) electrons. The minimum absolute atomic E-state index is 0.660. The predicted octanol–water partition coefficient (Wildman–Crippen LogP) is 2.61. The molecule has 1 aliphatic heterocycles. The van der Waals surface area contributed by atoms with E-state index in [2.05, 4.69) is 39.9 Å². The Balaban J connectivity index is 1.88. The first kappa shape index (κ1) is 8.72. The van der Waals surface area contributed by atoms with Crippen LogP contribution >= 0.6 is 0 Å². The Kier molecular flexibility index (Phi) is 2.05. The van der Waals surface area contributed by atoms with E-state index in [-0.39, 0.29) is 0 Å². The number of hydrogen-bond donors (Lipinski definition) is 0. The van der Waals surface area contributed by atoms with Gasteiger partial charge in [0.2, 0.25) is 0 Å². The normalized spacial score (nSPS) is 19.9. The molecule has 0 saturated carbocycles. The van der Waals surface area contributed by atoms with Crippen LogP contribution in [0, 0.1) is 0 Å². The first-order chi connectivity index (χ1) is 7.43. The standard InChI is InChI=1S/C13H14N2/c1-2-4-11(5-3-1)12-6-7-13-8-14-10-15(13)9-12/h1-5,8,10,12H,6-7,9H2. The second-order valence-electron chi connectivity index (χ2n) is 4.18. The Morgan fingerprint density at radius 2 is 2.07 bits per heavy atom. The van der Waals surface area contributed by atoms with Gasteiger partial charge >= 0.3 is 0 Å². The average Bonchev–Trinajstić information content (AvgIpc) is 2.77. The molecular formula is C13H14N2. The van der Waals surface area contributed by atoms with Crippen LogP contribution in [0.5, 0.6) is 0 Å². The summed E-state index contributed by atoms with van der Waals surface area (Å²) in [5.74, 6) is 0.660. The number of nitrogens with zero attached hydrogens (tertiary/aromatic N) is 2. The van der Waals surface area contributed by atoms with E-state index < -0.39 is 0 Å². The van der Waals surface area contributed by atoms with Crippen molar-refractivity contribution in [3.63, 3.8) is 0 Å². The van der Waals surface area contributed by atoms with Crippen molar-refractivity contribution >= 4 is 0 Å². The summed E-state index contributed by atoms with van der Waals surface area (Å²) in [5, 5.41) is 0. The maximum atomic E-state index is 4.19. The van der Waals surface area contributed by atoms with Crippen molar-refractivity contribution in [2.45, 2.75) is 25.3 Å². The lowest BCUT2D eigenvalue weighted by atomic mass is 9.91. The summed E-state index contributed by atoms with van der Waals surface area (Å²) >= 11 is 0. The van der Waals surface area contributed by atoms with Gasteiger partial charge in [0.1, 0.15) is 0 Å². The van der Waals surface area contributed by atoms with E-state index in [0.29, 0.717) is 5.92 Å². The van der Waals surface area contributed by atoms with Crippen LogP contribution in [0.25, 0.3) is 0 Å². The smallest absolute Gasteiger partial charge is 0.0948 e. The van der Waals surface area contributed by atoms with Crippen molar-refractivity contribution in [3.05, 3.63) is 54.1 Å². The second kappa shape index (κ2) is 3.54. The van der Waals surface area contributed by atoms with Gasteiger partial charge in [-0.3, -0.25) is 0 Å². The average molecular weight is 198 g/mol. The van der Waals surface area contributed by atoms with Crippen LogP contribution in [0.3, 0.4) is 0 Å². The lowest BCUT2D eigenvalue weighted by Gasteiger charge is -2.24. The lowest BCUT2D eigenvalue weighted by Crippen LogP contribution is -2.17. The minimum Gasteiger partial charge on any atom is -0.334 e. The van der Waals surface area contributed by atoms with Gasteiger partial charge in [-0.05, 0) is 18.4 Å². The van der Waals surface area contributed by atoms with Crippen LogP contribution in [-0.2, 0) is 13.0 Å². The molecule has 0 amide bonds. The quantitative estimate of drug-likeness (QED) is 0.688. The maximum Gasteiger partial charge on any atom is 0.0948 e. The number of fused-ring (bicyclic) bond motifs is 1. The zero-order valence-electron chi connectivity index (χ0n) is 8.63. The van der Waals surface area contributed by atoms with E-state index in [9.17, 15) is 0 Å². The monoisotopic (exact) mass is 198 g/mol. The third kappa shape index (κ3) is 1.56. The summed E-state index contributed by atoms with van der Waals surface area (Å²) < 4.78 is 2.28. The second-order valence-corrected chi connectivity index (χ2v) is 4.18. The molecule has 2 heteroatoms. The molecular weight excluding hydrogens is 184 g/mol. The molecule has 1 aromatic carbocycles. The minimum atomic E-state index is 0.660. The number of benzene rings is 1. The fourth-order valence-electron chi connectivity index (χ4n) is 2.37. The molecule has 0 spiro atoms. The van der Waals surface area contributed by atoms with Gasteiger partial charge in [0.25, 0.3) is 0 Å². The van der Waals surface area contributed by atoms with E-state index >= 15 is 0 Å². The summed E-state index contributed by atoms with van der Waals surface area (Å²) in [4.78, 5) is 4.19. The molecule has 2 heterocycles. The highest BCUT2D eigenvalue weighted by Gasteiger charge is 2.19. The summed E-state index contributed by atoms with van der Waals surface area (Å²) in [7, 11) is 0. The van der Waals surface area contributed by atoms with Crippen LogP contribution in [0.1, 0.15) is 23.6 Å². The lowest BCUT2D eigenvalue weighted by molar-refractivity contribution is 0.463. The van der Waals surface area contributed by atoms with Gasteiger partial charge in [-0.1, -0.05) is 30.3 Å². The van der Waals surface area contributed by atoms with Gasteiger partial charge in [-0.2, -0.15) is 0 Å². The van der Waals surface area contributed by atoms with Crippen molar-refractivity contribution in [2.75, 3.05) is 0 Å². The van der Waals surface area contributed by atoms with Gasteiger partial charge in [0.15, 0.2) is 0 Å². The number of hydrogen-bond acceptors (Lipinski definition) is 1. The first-order valence-corrected chi connectivity index (χ1v) is 5.47. The molecule has 2 nitrogen and oxygen atoms in total. The highest BCUT2D eigenvalue weighted by Crippen LogP contribution is 2.28. The highest BCUT2D eigenvalue weighted by molar-refractivity contribution is 5.21. The zero-order chi connectivity index (χ0) is 10.1. The number of aromatic nitrogens is 2. The van der Waals surface area contributed by atoms with E-state index in [1.54, 1.807) is 0 Å². The fraction of sp³-hybridized carbons (Fsp3) is 0.308. The Morgan fingerprint density at radius 3 is 2.93 bits per heavy atom. The Labute approximate surface area is 89.6 Å². The van der Waals surface area contributed by atoms with Crippen LogP contribution in [0.2, 0.25) is 0 Å². The molecule has 15 heavy (non-hydrogen) atoms. The molecule has 76 valence electrons. The number of imidazole rings is 1. The van der Waals surface area contributed by atoms with Crippen LogP contribution in [0.15, 0.2) is 42.9 Å². The van der Waals surface area contributed by atoms with Crippen molar-refractivity contribution in [1.29, 1.82) is 0 Å². The van der Waals surface area contributed by atoms with Crippen molar-refractivity contribution in [3.8, 4) is 0 Å². The summed E-state index contributed by atoms with van der Waals surface area (Å²) in [5.41, 5.74) is 2.83. The molecule has 1 atom stereocenters. The molecule has 2 aromatic rings. The molecule has 0 bridgehead atoms. The van der Waals surface area contributed by atoms with Gasteiger partial charge in [-0.15, -0.1) is 0 Å². The number of aryl methyl sites for hydroxylation is 1. The Morgan fingerprint density at radius 1 is 1.20 bits per heavy atom. The van der Waals surface area contributed by atoms with E-state index in [1.165, 1.54) is 17.7 Å². The molecule has 0 N–H and O–H groups in total. The topological polar surface area (TPSA) is 17.8 Å². The summed E-state index contributed by atoms with van der Waals surface area (Å²) in [6.07, 6.45) is 6.33. The molecule has 3 rings (SSSR count). The molecule has 0 saturated heterocycles. The van der Waals surface area contributed by atoms with Crippen LogP contribution in [-0.4, -0.2) is 9.55 Å². The molecule has 1 aliphatic rings. The number of rotatable bonds is 1. The molecule has 0 fully saturated rings. The fourth-order valence-corrected chi connectivity index (χ4v) is 2.37. The van der Waals surface area contributed by atoms with E-state index in [0.717, 1.165) is 13.0 Å². The Hall–Kier alpha value is -1.57. The van der Waals surface area contributed by atoms with E-state index in [1.807, 2.05) is 12.5 Å². The van der Waals surface area contributed by atoms with Gasteiger partial charge in [-0.25, -0.2) is 4.98 Å². The van der Waals surface area contributed by atoms with Gasteiger partial charge in [0, 0.05) is 24.4 Å². The largest absolute Gasteiger partial charge is 0.334 e. The van der Waals surface area contributed by atoms with Crippen LogP contribution < -0.4 is 0 Å². The van der Waals surface area contributed by atoms with Crippen LogP contribution in [0.4, 0.5) is 0 Å². The van der Waals surface area contributed by atoms with E-state index in [4.69, 9.17) is 0 Å². The van der Waals surface area contributed by atoms with Gasteiger partial charge < -0.3 is 4.57 Å². The summed E-state index contributed by atoms with van der Waals surface area (Å²) in [6.45, 7) is 1.08. The molecule has 1 unspecified atom stereocenters. The predicted molar refractivity (Wildman–Crippen MR) is 59.7 cm³/mol. The van der Waals surface area contributed by atoms with Crippen molar-refractivity contribution < 1.29 is 0 Å². The highest BCUT2D eigenvalue weighted by atomic mass is 15.1. The zero-order valence-corrected chi connectivity index (χ0v) is 8.63. The third-order valence-electron chi connectivity index (χ3n) is 3.24. The summed E-state index contributed by atoms with van der Waals surface area (Å²) in [6, 6.07) is 10.8. The first-order valence-electron chi connectivity index (χ1n) is 5.47. The third-order valence-corrected chi connectivity index (χ3v) is 3.24. The maximum absolute atomic E-state index is 4.19. The molecule has 0 aliphatic carbocycles. The molecule has 1 aromatic heterocycles. The SMILES string of the molecule is c1ccc(C2CCc3cncn3C2)cc1. The Bertz CT molecular complexity index is 445.